The van der Waals surface area contributed by atoms with Crippen LogP contribution in [0.5, 0.6) is 0 Å². The molecular weight excluding hydrogens is 455 g/mol. The van der Waals surface area contributed by atoms with Gasteiger partial charge in [0.25, 0.3) is 5.69 Å². The number of hydrogen-bond acceptors (Lipinski definition) is 8. The number of non-ortho nitro benzene ring substituents is 1. The summed E-state index contributed by atoms with van der Waals surface area (Å²) < 4.78 is 51.4. The first kappa shape index (κ1) is 22.6. The van der Waals surface area contributed by atoms with E-state index in [1.54, 1.807) is 24.3 Å². The van der Waals surface area contributed by atoms with Gasteiger partial charge in [0.2, 0.25) is 10.0 Å². The number of benzene rings is 2. The van der Waals surface area contributed by atoms with Crippen LogP contribution in [-0.2, 0) is 14.8 Å². The van der Waals surface area contributed by atoms with Crippen LogP contribution in [0.4, 0.5) is 15.8 Å². The Morgan fingerprint density at radius 2 is 1.82 bits per heavy atom. The van der Waals surface area contributed by atoms with Gasteiger partial charge in [0.1, 0.15) is 22.2 Å². The molecule has 2 heterocycles. The number of ether oxygens (including phenoxy) is 1. The second-order valence-electron chi connectivity index (χ2n) is 7.03. The van der Waals surface area contributed by atoms with Crippen molar-refractivity contribution in [3.05, 3.63) is 76.3 Å². The topological polar surface area (TPSA) is 127 Å². The molecule has 0 radical (unpaired) electrons. The second kappa shape index (κ2) is 9.48. The van der Waals surface area contributed by atoms with Gasteiger partial charge in [-0.2, -0.15) is 9.41 Å². The molecule has 1 fully saturated rings. The number of furan rings is 1. The third-order valence-electron chi connectivity index (χ3n) is 4.90. The minimum Gasteiger partial charge on any atom is -0.455 e. The Balaban J connectivity index is 1.57. The van der Waals surface area contributed by atoms with E-state index in [9.17, 15) is 22.9 Å². The average molecular weight is 474 g/mol. The Kier molecular flexibility index (Phi) is 6.49. The molecule has 12 heteroatoms. The van der Waals surface area contributed by atoms with Gasteiger partial charge in [0.15, 0.2) is 0 Å². The maximum absolute atomic E-state index is 13.1. The van der Waals surface area contributed by atoms with E-state index in [2.05, 4.69) is 10.5 Å². The number of nitrogens with one attached hydrogen (secondary N) is 1. The lowest BCUT2D eigenvalue weighted by Crippen LogP contribution is -2.40. The molecule has 2 aromatic carbocycles. The summed E-state index contributed by atoms with van der Waals surface area (Å²) in [6.07, 6.45) is 1.33. The van der Waals surface area contributed by atoms with E-state index in [1.807, 2.05) is 0 Å². The van der Waals surface area contributed by atoms with Gasteiger partial charge in [-0.05, 0) is 42.5 Å². The molecule has 0 bridgehead atoms. The highest BCUT2D eigenvalue weighted by Crippen LogP contribution is 2.29. The maximum atomic E-state index is 13.1. The van der Waals surface area contributed by atoms with Crippen LogP contribution < -0.4 is 5.43 Å². The molecule has 0 aliphatic carbocycles. The number of halogens is 1. The Morgan fingerprint density at radius 3 is 2.52 bits per heavy atom. The molecule has 0 spiro atoms. The van der Waals surface area contributed by atoms with Gasteiger partial charge in [-0.15, -0.1) is 0 Å². The van der Waals surface area contributed by atoms with Crippen molar-refractivity contribution in [2.45, 2.75) is 4.90 Å². The summed E-state index contributed by atoms with van der Waals surface area (Å²) in [7, 11) is -4.02. The zero-order chi connectivity index (χ0) is 23.4. The summed E-state index contributed by atoms with van der Waals surface area (Å²) in [5.74, 6) is 0.505. The fourth-order valence-electron chi connectivity index (χ4n) is 3.21. The van der Waals surface area contributed by atoms with Crippen molar-refractivity contribution in [1.29, 1.82) is 0 Å². The van der Waals surface area contributed by atoms with E-state index in [4.69, 9.17) is 9.15 Å². The molecule has 1 aliphatic rings. The van der Waals surface area contributed by atoms with Crippen molar-refractivity contribution in [2.75, 3.05) is 31.7 Å². The zero-order valence-corrected chi connectivity index (χ0v) is 18.0. The van der Waals surface area contributed by atoms with Crippen LogP contribution in [0.25, 0.3) is 11.3 Å². The fourth-order valence-corrected chi connectivity index (χ4v) is 4.78. The van der Waals surface area contributed by atoms with Crippen molar-refractivity contribution in [3.63, 3.8) is 0 Å². The quantitative estimate of drug-likeness (QED) is 0.316. The monoisotopic (exact) mass is 474 g/mol. The van der Waals surface area contributed by atoms with Gasteiger partial charge in [0, 0.05) is 30.8 Å². The van der Waals surface area contributed by atoms with Crippen LogP contribution in [0.15, 0.2) is 69.0 Å². The molecular formula is C21H19FN4O6S. The van der Waals surface area contributed by atoms with Gasteiger partial charge in [-0.3, -0.25) is 15.5 Å². The number of nitrogens with zero attached hydrogens (tertiary/aromatic N) is 3. The highest BCUT2D eigenvalue weighted by atomic mass is 32.2. The maximum Gasteiger partial charge on any atom is 0.270 e. The predicted octanol–water partition coefficient (Wildman–Crippen LogP) is 3.46. The fraction of sp³-hybridized carbons (Fsp3) is 0.190. The van der Waals surface area contributed by atoms with Crippen LogP contribution in [0.2, 0.25) is 0 Å². The van der Waals surface area contributed by atoms with E-state index < -0.39 is 14.9 Å². The van der Waals surface area contributed by atoms with Gasteiger partial charge in [0.05, 0.1) is 30.0 Å². The Morgan fingerprint density at radius 1 is 1.09 bits per heavy atom. The Labute approximate surface area is 188 Å². The third kappa shape index (κ3) is 5.08. The summed E-state index contributed by atoms with van der Waals surface area (Å²) in [6, 6.07) is 12.6. The molecule has 33 heavy (non-hydrogen) atoms. The van der Waals surface area contributed by atoms with E-state index in [1.165, 1.54) is 34.8 Å². The minimum atomic E-state index is -4.02. The van der Waals surface area contributed by atoms with E-state index >= 15 is 0 Å². The van der Waals surface area contributed by atoms with Crippen LogP contribution in [0, 0.1) is 15.9 Å². The summed E-state index contributed by atoms with van der Waals surface area (Å²) >= 11 is 0. The first-order chi connectivity index (χ1) is 15.8. The number of nitro groups is 1. The SMILES string of the molecule is O=[N+]([O-])c1ccc(NN=Cc2ccc(-c3ccc(F)cc3)o2)c(S(=O)(=O)N2CCOCC2)c1. The molecule has 3 aromatic rings. The van der Waals surface area contributed by atoms with Crippen molar-refractivity contribution in [3.8, 4) is 11.3 Å². The summed E-state index contributed by atoms with van der Waals surface area (Å²) in [4.78, 5) is 10.3. The largest absolute Gasteiger partial charge is 0.455 e. The lowest BCUT2D eigenvalue weighted by atomic mass is 10.2. The number of anilines is 1. The average Bonchev–Trinajstić information content (AvgIpc) is 3.29. The number of rotatable bonds is 7. The van der Waals surface area contributed by atoms with Gasteiger partial charge in [-0.25, -0.2) is 12.8 Å². The highest BCUT2D eigenvalue weighted by Gasteiger charge is 2.30. The molecule has 0 saturated carbocycles. The molecule has 1 N–H and O–H groups in total. The summed E-state index contributed by atoms with van der Waals surface area (Å²) in [6.45, 7) is 0.770. The first-order valence-corrected chi connectivity index (χ1v) is 11.3. The smallest absolute Gasteiger partial charge is 0.270 e. The third-order valence-corrected chi connectivity index (χ3v) is 6.83. The highest BCUT2D eigenvalue weighted by molar-refractivity contribution is 7.89. The van der Waals surface area contributed by atoms with E-state index in [0.29, 0.717) is 17.1 Å². The number of sulfonamides is 1. The molecule has 4 rings (SSSR count). The number of hydrogen-bond donors (Lipinski definition) is 1. The predicted molar refractivity (Wildman–Crippen MR) is 118 cm³/mol. The van der Waals surface area contributed by atoms with Crippen LogP contribution in [-0.4, -0.2) is 50.2 Å². The second-order valence-corrected chi connectivity index (χ2v) is 8.94. The van der Waals surface area contributed by atoms with Gasteiger partial charge >= 0.3 is 0 Å². The molecule has 0 amide bonds. The summed E-state index contributed by atoms with van der Waals surface area (Å²) in [5.41, 5.74) is 3.03. The number of nitro benzene ring substituents is 1. The lowest BCUT2D eigenvalue weighted by Gasteiger charge is -2.26. The number of hydrazone groups is 1. The minimum absolute atomic E-state index is 0.0775. The Hall–Kier alpha value is -3.61. The van der Waals surface area contributed by atoms with Crippen molar-refractivity contribution >= 4 is 27.6 Å². The number of morpholine rings is 1. The normalized spacial score (nSPS) is 15.1. The van der Waals surface area contributed by atoms with Crippen molar-refractivity contribution in [2.24, 2.45) is 5.10 Å². The Bertz CT molecular complexity index is 1280. The molecule has 0 atom stereocenters. The summed E-state index contributed by atoms with van der Waals surface area (Å²) in [5, 5.41) is 15.2. The molecule has 10 nitrogen and oxygen atoms in total. The first-order valence-electron chi connectivity index (χ1n) is 9.86. The van der Waals surface area contributed by atoms with E-state index in [-0.39, 0.29) is 48.4 Å². The van der Waals surface area contributed by atoms with Gasteiger partial charge < -0.3 is 9.15 Å². The molecule has 0 unspecified atom stereocenters. The van der Waals surface area contributed by atoms with Crippen LogP contribution in [0.1, 0.15) is 5.76 Å². The molecule has 172 valence electrons. The van der Waals surface area contributed by atoms with E-state index in [0.717, 1.165) is 6.07 Å². The van der Waals surface area contributed by atoms with Crippen LogP contribution in [0.3, 0.4) is 0 Å². The van der Waals surface area contributed by atoms with Crippen molar-refractivity contribution < 1.29 is 26.9 Å². The standard InChI is InChI=1S/C21H19FN4O6S/c22-16-3-1-15(2-4-16)20-8-6-18(32-20)14-23-24-19-7-5-17(26(27)28)13-21(19)33(29,30)25-9-11-31-12-10-25/h1-8,13-14,24H,9-12H2. The molecule has 1 aliphatic heterocycles. The van der Waals surface area contributed by atoms with Crippen molar-refractivity contribution in [1.82, 2.24) is 4.31 Å². The molecule has 1 saturated heterocycles. The zero-order valence-electron chi connectivity index (χ0n) is 17.2. The molecule has 1 aromatic heterocycles. The van der Waals surface area contributed by atoms with Crippen LogP contribution >= 0.6 is 0 Å². The van der Waals surface area contributed by atoms with Gasteiger partial charge in [-0.1, -0.05) is 0 Å². The lowest BCUT2D eigenvalue weighted by molar-refractivity contribution is -0.385.